The van der Waals surface area contributed by atoms with Gasteiger partial charge in [0.1, 0.15) is 5.82 Å². The summed E-state index contributed by atoms with van der Waals surface area (Å²) in [4.78, 5) is 11.9. The van der Waals surface area contributed by atoms with Crippen LogP contribution in [0.5, 0.6) is 0 Å². The Morgan fingerprint density at radius 3 is 2.59 bits per heavy atom. The summed E-state index contributed by atoms with van der Waals surface area (Å²) in [6.07, 6.45) is 0.466. The molecule has 2 aromatic rings. The monoisotopic (exact) mass is 319 g/mol. The van der Waals surface area contributed by atoms with E-state index in [0.717, 1.165) is 10.6 Å². The first-order valence-corrected chi connectivity index (χ1v) is 7.44. The minimum Gasteiger partial charge on any atom is -0.286 e. The number of carbonyl (C=O) groups excluding carboxylic acids is 1. The first kappa shape index (κ1) is 15.0. The maximum atomic E-state index is 14.0. The molecule has 0 aliphatic carbocycles. The standard InChI is InChI=1S/C17H15ClFNO2/c18-14-7-3-1-5-11(14)9-16-13(10-17(21)20(16)22)12-6-2-4-8-15(12)19/h1-8,13,16,22H,9-10H2. The minimum absolute atomic E-state index is 0.0898. The van der Waals surface area contributed by atoms with Gasteiger partial charge in [-0.25, -0.2) is 9.45 Å². The molecule has 1 saturated heterocycles. The Bertz CT molecular complexity index is 707. The van der Waals surface area contributed by atoms with Gasteiger partial charge < -0.3 is 0 Å². The normalized spacial score (nSPS) is 21.4. The number of amides is 1. The smallest absolute Gasteiger partial charge is 0.246 e. The highest BCUT2D eigenvalue weighted by molar-refractivity contribution is 6.31. The number of rotatable bonds is 3. The van der Waals surface area contributed by atoms with Crippen molar-refractivity contribution in [1.82, 2.24) is 5.06 Å². The van der Waals surface area contributed by atoms with E-state index in [2.05, 4.69) is 0 Å². The molecule has 1 heterocycles. The van der Waals surface area contributed by atoms with Gasteiger partial charge in [0.05, 0.1) is 6.04 Å². The highest BCUT2D eigenvalue weighted by Gasteiger charge is 2.41. The van der Waals surface area contributed by atoms with Gasteiger partial charge in [0.15, 0.2) is 0 Å². The average Bonchev–Trinajstić information content (AvgIpc) is 2.78. The van der Waals surface area contributed by atoms with Gasteiger partial charge in [-0.3, -0.25) is 10.0 Å². The van der Waals surface area contributed by atoms with Crippen LogP contribution in [0.2, 0.25) is 5.02 Å². The van der Waals surface area contributed by atoms with Crippen LogP contribution in [-0.4, -0.2) is 22.2 Å². The van der Waals surface area contributed by atoms with Gasteiger partial charge in [0, 0.05) is 17.4 Å². The molecule has 0 radical (unpaired) electrons. The fourth-order valence-electron chi connectivity index (χ4n) is 2.98. The Kier molecular flexibility index (Phi) is 4.14. The third-order valence-corrected chi connectivity index (χ3v) is 4.49. The van der Waals surface area contributed by atoms with E-state index >= 15 is 0 Å². The summed E-state index contributed by atoms with van der Waals surface area (Å²) in [5.41, 5.74) is 1.27. The Labute approximate surface area is 132 Å². The summed E-state index contributed by atoms with van der Waals surface area (Å²) < 4.78 is 14.0. The SMILES string of the molecule is O=C1CC(c2ccccc2F)C(Cc2ccccc2Cl)N1O. The van der Waals surface area contributed by atoms with Gasteiger partial charge in [-0.2, -0.15) is 0 Å². The first-order valence-electron chi connectivity index (χ1n) is 7.06. The van der Waals surface area contributed by atoms with E-state index in [0.29, 0.717) is 17.0 Å². The molecule has 3 rings (SSSR count). The molecule has 1 fully saturated rings. The van der Waals surface area contributed by atoms with Crippen molar-refractivity contribution in [3.63, 3.8) is 0 Å². The molecule has 0 saturated carbocycles. The van der Waals surface area contributed by atoms with E-state index in [1.54, 1.807) is 24.3 Å². The van der Waals surface area contributed by atoms with Gasteiger partial charge in [0.2, 0.25) is 5.91 Å². The molecule has 5 heteroatoms. The zero-order valence-corrected chi connectivity index (χ0v) is 12.5. The molecule has 1 N–H and O–H groups in total. The molecule has 2 unspecified atom stereocenters. The lowest BCUT2D eigenvalue weighted by atomic mass is 9.88. The summed E-state index contributed by atoms with van der Waals surface area (Å²) in [7, 11) is 0. The van der Waals surface area contributed by atoms with E-state index in [4.69, 9.17) is 11.6 Å². The minimum atomic E-state index is -0.524. The lowest BCUT2D eigenvalue weighted by molar-refractivity contribution is -0.165. The molecule has 1 aliphatic heterocycles. The third-order valence-electron chi connectivity index (χ3n) is 4.12. The summed E-state index contributed by atoms with van der Waals surface area (Å²) in [6.45, 7) is 0. The molecule has 2 aromatic carbocycles. The van der Waals surface area contributed by atoms with Gasteiger partial charge in [-0.05, 0) is 29.7 Å². The van der Waals surface area contributed by atoms with Crippen LogP contribution in [0.25, 0.3) is 0 Å². The average molecular weight is 320 g/mol. The van der Waals surface area contributed by atoms with Crippen LogP contribution in [0.1, 0.15) is 23.5 Å². The number of hydrogen-bond acceptors (Lipinski definition) is 2. The topological polar surface area (TPSA) is 40.5 Å². The van der Waals surface area contributed by atoms with E-state index in [-0.39, 0.29) is 12.2 Å². The van der Waals surface area contributed by atoms with Gasteiger partial charge in [0.25, 0.3) is 0 Å². The van der Waals surface area contributed by atoms with E-state index in [9.17, 15) is 14.4 Å². The maximum absolute atomic E-state index is 14.0. The Balaban J connectivity index is 1.94. The zero-order chi connectivity index (χ0) is 15.7. The molecule has 1 amide bonds. The lowest BCUT2D eigenvalue weighted by Crippen LogP contribution is -2.33. The maximum Gasteiger partial charge on any atom is 0.246 e. The van der Waals surface area contributed by atoms with Crippen molar-refractivity contribution >= 4 is 17.5 Å². The molecule has 0 aromatic heterocycles. The second-order valence-corrected chi connectivity index (χ2v) is 5.84. The molecule has 22 heavy (non-hydrogen) atoms. The number of hydrogen-bond donors (Lipinski definition) is 1. The van der Waals surface area contributed by atoms with E-state index < -0.39 is 17.9 Å². The molecular formula is C17H15ClFNO2. The quantitative estimate of drug-likeness (QED) is 0.874. The second-order valence-electron chi connectivity index (χ2n) is 5.43. The Hall–Kier alpha value is -1.91. The van der Waals surface area contributed by atoms with Crippen molar-refractivity contribution in [2.75, 3.05) is 0 Å². The highest BCUT2D eigenvalue weighted by atomic mass is 35.5. The van der Waals surface area contributed by atoms with Gasteiger partial charge in [-0.15, -0.1) is 0 Å². The van der Waals surface area contributed by atoms with Gasteiger partial charge in [-0.1, -0.05) is 48.0 Å². The van der Waals surface area contributed by atoms with Crippen molar-refractivity contribution in [2.45, 2.75) is 24.8 Å². The van der Waals surface area contributed by atoms with Crippen LogP contribution < -0.4 is 0 Å². The predicted octanol–water partition coefficient (Wildman–Crippen LogP) is 3.80. The molecule has 3 nitrogen and oxygen atoms in total. The largest absolute Gasteiger partial charge is 0.286 e. The number of carbonyl (C=O) groups is 1. The highest BCUT2D eigenvalue weighted by Crippen LogP contribution is 2.37. The van der Waals surface area contributed by atoms with Crippen molar-refractivity contribution in [1.29, 1.82) is 0 Å². The van der Waals surface area contributed by atoms with E-state index in [1.807, 2.05) is 18.2 Å². The molecule has 2 atom stereocenters. The number of hydroxylamine groups is 2. The zero-order valence-electron chi connectivity index (χ0n) is 11.7. The number of halogens is 2. The first-order chi connectivity index (χ1) is 10.6. The van der Waals surface area contributed by atoms with E-state index in [1.165, 1.54) is 6.07 Å². The van der Waals surface area contributed by atoms with Crippen LogP contribution >= 0.6 is 11.6 Å². The molecule has 0 bridgehead atoms. The van der Waals surface area contributed by atoms with Crippen molar-refractivity contribution in [2.24, 2.45) is 0 Å². The lowest BCUT2D eigenvalue weighted by Gasteiger charge is -2.24. The van der Waals surface area contributed by atoms with Crippen LogP contribution in [0.3, 0.4) is 0 Å². The Morgan fingerprint density at radius 1 is 1.18 bits per heavy atom. The van der Waals surface area contributed by atoms with Crippen LogP contribution in [-0.2, 0) is 11.2 Å². The molecular weight excluding hydrogens is 305 g/mol. The molecule has 0 spiro atoms. The molecule has 114 valence electrons. The summed E-state index contributed by atoms with van der Waals surface area (Å²) in [6, 6.07) is 13.1. The molecule has 1 aliphatic rings. The van der Waals surface area contributed by atoms with Crippen LogP contribution in [0.4, 0.5) is 4.39 Å². The van der Waals surface area contributed by atoms with Gasteiger partial charge >= 0.3 is 0 Å². The number of benzene rings is 2. The second kappa shape index (κ2) is 6.07. The summed E-state index contributed by atoms with van der Waals surface area (Å²) in [5.74, 6) is -1.15. The van der Waals surface area contributed by atoms with Crippen molar-refractivity contribution in [3.05, 3.63) is 70.5 Å². The summed E-state index contributed by atoms with van der Waals surface area (Å²) >= 11 is 6.15. The van der Waals surface area contributed by atoms with Crippen molar-refractivity contribution in [3.8, 4) is 0 Å². The fraction of sp³-hybridized carbons (Fsp3) is 0.235. The van der Waals surface area contributed by atoms with Crippen molar-refractivity contribution < 1.29 is 14.4 Å². The number of nitrogens with zero attached hydrogens (tertiary/aromatic N) is 1. The fourth-order valence-corrected chi connectivity index (χ4v) is 3.20. The Morgan fingerprint density at radius 2 is 1.86 bits per heavy atom. The third kappa shape index (κ3) is 2.72. The summed E-state index contributed by atoms with van der Waals surface area (Å²) in [5, 5.41) is 11.3. The van der Waals surface area contributed by atoms with Crippen LogP contribution in [0, 0.1) is 5.82 Å². The predicted molar refractivity (Wildman–Crippen MR) is 81.3 cm³/mol. The van der Waals surface area contributed by atoms with Crippen LogP contribution in [0.15, 0.2) is 48.5 Å².